The van der Waals surface area contributed by atoms with Crippen LogP contribution < -0.4 is 0 Å². The number of aryl methyl sites for hydroxylation is 2. The van der Waals surface area contributed by atoms with Crippen LogP contribution in [0.25, 0.3) is 0 Å². The molecule has 0 saturated carbocycles. The molecule has 0 aromatic carbocycles. The van der Waals surface area contributed by atoms with Crippen molar-refractivity contribution < 1.29 is 4.79 Å². The molecule has 0 aliphatic heterocycles. The summed E-state index contributed by atoms with van der Waals surface area (Å²) in [6, 6.07) is 0. The summed E-state index contributed by atoms with van der Waals surface area (Å²) in [6.45, 7) is 1.60. The number of rotatable bonds is 3. The molecule has 0 spiro atoms. The van der Waals surface area contributed by atoms with E-state index in [9.17, 15) is 4.79 Å². The van der Waals surface area contributed by atoms with Gasteiger partial charge < -0.3 is 9.36 Å². The molecule has 0 N–H and O–H groups in total. The summed E-state index contributed by atoms with van der Waals surface area (Å²) in [7, 11) is 1.92. The predicted octanol–water partition coefficient (Wildman–Crippen LogP) is 0.942. The predicted molar refractivity (Wildman–Crippen MR) is 42.2 cm³/mol. The fourth-order valence-corrected chi connectivity index (χ4v) is 0.900. The Morgan fingerprint density at radius 2 is 2.45 bits per heavy atom. The molecule has 0 aliphatic carbocycles. The number of ketones is 1. The van der Waals surface area contributed by atoms with Crippen LogP contribution in [-0.4, -0.2) is 15.3 Å². The molecule has 0 radical (unpaired) electrons. The van der Waals surface area contributed by atoms with Crippen molar-refractivity contribution in [1.82, 2.24) is 9.55 Å². The lowest BCUT2D eigenvalue weighted by molar-refractivity contribution is -0.116. The Morgan fingerprint density at radius 1 is 1.73 bits per heavy atom. The summed E-state index contributed by atoms with van der Waals surface area (Å²) in [5.74, 6) is 0.218. The Hall–Kier alpha value is -1.12. The van der Waals surface area contributed by atoms with Gasteiger partial charge in [0.15, 0.2) is 0 Å². The first kappa shape index (κ1) is 7.98. The van der Waals surface area contributed by atoms with Gasteiger partial charge in [0.05, 0.1) is 12.0 Å². The number of imidazole rings is 1. The zero-order valence-electron chi connectivity index (χ0n) is 6.87. The lowest BCUT2D eigenvalue weighted by atomic mass is 10.2. The second-order valence-electron chi connectivity index (χ2n) is 2.73. The molecule has 0 saturated heterocycles. The summed E-state index contributed by atoms with van der Waals surface area (Å²) < 4.78 is 1.88. The molecule has 0 bridgehead atoms. The minimum absolute atomic E-state index is 0.218. The average molecular weight is 152 g/mol. The van der Waals surface area contributed by atoms with E-state index in [1.54, 1.807) is 13.3 Å². The highest BCUT2D eigenvalue weighted by Gasteiger charge is 1.98. The molecule has 1 aromatic rings. The van der Waals surface area contributed by atoms with Crippen molar-refractivity contribution in [1.29, 1.82) is 0 Å². The van der Waals surface area contributed by atoms with Crippen molar-refractivity contribution in [2.24, 2.45) is 7.05 Å². The molecule has 11 heavy (non-hydrogen) atoms. The van der Waals surface area contributed by atoms with Gasteiger partial charge in [-0.25, -0.2) is 4.98 Å². The second kappa shape index (κ2) is 3.32. The van der Waals surface area contributed by atoms with E-state index < -0.39 is 0 Å². The lowest BCUT2D eigenvalue weighted by Crippen LogP contribution is -1.93. The molecule has 0 aliphatic rings. The molecule has 60 valence electrons. The minimum atomic E-state index is 0.218. The Balaban J connectivity index is 2.45. The van der Waals surface area contributed by atoms with Crippen molar-refractivity contribution in [2.75, 3.05) is 0 Å². The lowest BCUT2D eigenvalue weighted by Gasteiger charge is -1.90. The van der Waals surface area contributed by atoms with Gasteiger partial charge in [0.1, 0.15) is 5.78 Å². The fraction of sp³-hybridized carbons (Fsp3) is 0.500. The summed E-state index contributed by atoms with van der Waals surface area (Å²) in [6.07, 6.45) is 5.03. The van der Waals surface area contributed by atoms with Crippen LogP contribution in [0.1, 0.15) is 19.0 Å². The molecule has 1 rings (SSSR count). The molecule has 3 nitrogen and oxygen atoms in total. The molecule has 0 unspecified atom stereocenters. The highest BCUT2D eigenvalue weighted by molar-refractivity contribution is 5.75. The summed E-state index contributed by atoms with van der Waals surface area (Å²) in [4.78, 5) is 14.7. The molecule has 0 fully saturated rings. The highest BCUT2D eigenvalue weighted by atomic mass is 16.1. The Bertz CT molecular complexity index is 252. The zero-order valence-corrected chi connectivity index (χ0v) is 6.87. The van der Waals surface area contributed by atoms with E-state index in [1.165, 1.54) is 0 Å². The standard InChI is InChI=1S/C8H12N2O/c1-7(11)3-4-8-5-10(2)6-9-8/h5-6H,3-4H2,1-2H3. The SMILES string of the molecule is CC(=O)CCc1cn(C)cn1. The average Bonchev–Trinajstić information content (AvgIpc) is 2.31. The van der Waals surface area contributed by atoms with E-state index in [4.69, 9.17) is 0 Å². The maximum atomic E-state index is 10.6. The first-order valence-corrected chi connectivity index (χ1v) is 3.65. The van der Waals surface area contributed by atoms with Gasteiger partial charge in [0.25, 0.3) is 0 Å². The van der Waals surface area contributed by atoms with E-state index >= 15 is 0 Å². The Kier molecular flexibility index (Phi) is 2.41. The third kappa shape index (κ3) is 2.53. The largest absolute Gasteiger partial charge is 0.340 e. The van der Waals surface area contributed by atoms with Crippen LogP contribution in [0.15, 0.2) is 12.5 Å². The van der Waals surface area contributed by atoms with Gasteiger partial charge in [0.2, 0.25) is 0 Å². The maximum absolute atomic E-state index is 10.6. The number of Topliss-reactive ketones (excluding diaryl/α,β-unsaturated/α-hetero) is 1. The third-order valence-electron chi connectivity index (χ3n) is 1.49. The topological polar surface area (TPSA) is 34.9 Å². The van der Waals surface area contributed by atoms with Crippen molar-refractivity contribution in [3.8, 4) is 0 Å². The number of nitrogens with zero attached hydrogens (tertiary/aromatic N) is 2. The van der Waals surface area contributed by atoms with E-state index in [2.05, 4.69) is 4.98 Å². The van der Waals surface area contributed by atoms with Crippen LogP contribution >= 0.6 is 0 Å². The van der Waals surface area contributed by atoms with Gasteiger partial charge in [-0.15, -0.1) is 0 Å². The van der Waals surface area contributed by atoms with Crippen molar-refractivity contribution in [3.05, 3.63) is 18.2 Å². The zero-order chi connectivity index (χ0) is 8.27. The van der Waals surface area contributed by atoms with Crippen LogP contribution in [0, 0.1) is 0 Å². The number of hydrogen-bond acceptors (Lipinski definition) is 2. The molecule has 0 amide bonds. The van der Waals surface area contributed by atoms with Crippen molar-refractivity contribution >= 4 is 5.78 Å². The van der Waals surface area contributed by atoms with Gasteiger partial charge in [-0.1, -0.05) is 0 Å². The fourth-order valence-electron chi connectivity index (χ4n) is 0.900. The van der Waals surface area contributed by atoms with E-state index in [0.717, 1.165) is 12.1 Å². The van der Waals surface area contributed by atoms with Crippen LogP contribution in [0.5, 0.6) is 0 Å². The van der Waals surface area contributed by atoms with Gasteiger partial charge >= 0.3 is 0 Å². The summed E-state index contributed by atoms with van der Waals surface area (Å²) in [5, 5.41) is 0. The van der Waals surface area contributed by atoms with Crippen LogP contribution in [0.3, 0.4) is 0 Å². The normalized spacial score (nSPS) is 10.0. The first-order valence-electron chi connectivity index (χ1n) is 3.65. The maximum Gasteiger partial charge on any atom is 0.130 e. The van der Waals surface area contributed by atoms with Crippen molar-refractivity contribution in [3.63, 3.8) is 0 Å². The quantitative estimate of drug-likeness (QED) is 0.646. The number of carbonyl (C=O) groups excluding carboxylic acids is 1. The molecule has 1 aromatic heterocycles. The monoisotopic (exact) mass is 152 g/mol. The number of aromatic nitrogens is 2. The van der Waals surface area contributed by atoms with Crippen LogP contribution in [0.4, 0.5) is 0 Å². The van der Waals surface area contributed by atoms with E-state index in [1.807, 2.05) is 17.8 Å². The Labute approximate surface area is 66.1 Å². The number of hydrogen-bond donors (Lipinski definition) is 0. The van der Waals surface area contributed by atoms with E-state index in [-0.39, 0.29) is 5.78 Å². The van der Waals surface area contributed by atoms with Gasteiger partial charge in [-0.2, -0.15) is 0 Å². The minimum Gasteiger partial charge on any atom is -0.340 e. The third-order valence-corrected chi connectivity index (χ3v) is 1.49. The van der Waals surface area contributed by atoms with Gasteiger partial charge in [-0.05, 0) is 13.3 Å². The second-order valence-corrected chi connectivity index (χ2v) is 2.73. The molecule has 3 heteroatoms. The summed E-state index contributed by atoms with van der Waals surface area (Å²) >= 11 is 0. The number of carbonyl (C=O) groups is 1. The molecule has 1 heterocycles. The highest BCUT2D eigenvalue weighted by Crippen LogP contribution is 1.98. The molecule has 0 atom stereocenters. The van der Waals surface area contributed by atoms with E-state index in [0.29, 0.717) is 6.42 Å². The summed E-state index contributed by atoms with van der Waals surface area (Å²) in [5.41, 5.74) is 0.989. The van der Waals surface area contributed by atoms with Gasteiger partial charge in [-0.3, -0.25) is 0 Å². The Morgan fingerprint density at radius 3 is 2.91 bits per heavy atom. The van der Waals surface area contributed by atoms with Gasteiger partial charge in [0, 0.05) is 19.7 Å². The molecular formula is C8H12N2O. The van der Waals surface area contributed by atoms with Crippen LogP contribution in [0.2, 0.25) is 0 Å². The smallest absolute Gasteiger partial charge is 0.130 e. The molecular weight excluding hydrogens is 140 g/mol. The first-order chi connectivity index (χ1) is 5.18. The van der Waals surface area contributed by atoms with Crippen molar-refractivity contribution in [2.45, 2.75) is 19.8 Å². The van der Waals surface area contributed by atoms with Crippen LogP contribution in [-0.2, 0) is 18.3 Å².